The van der Waals surface area contributed by atoms with Crippen molar-refractivity contribution in [3.05, 3.63) is 0 Å². The van der Waals surface area contributed by atoms with Gasteiger partial charge in [-0.25, -0.2) is 8.42 Å². The quantitative estimate of drug-likeness (QED) is 0.749. The second-order valence-electron chi connectivity index (χ2n) is 4.66. The zero-order valence-electron chi connectivity index (χ0n) is 9.54. The Labute approximate surface area is 101 Å². The second kappa shape index (κ2) is 4.91. The molecule has 2 fully saturated rings. The molecule has 1 saturated heterocycles. The van der Waals surface area contributed by atoms with Gasteiger partial charge >= 0.3 is 5.97 Å². The van der Waals surface area contributed by atoms with Crippen molar-refractivity contribution in [3.8, 4) is 0 Å². The van der Waals surface area contributed by atoms with Gasteiger partial charge in [-0.2, -0.15) is 4.31 Å². The molecule has 1 atom stereocenters. The lowest BCUT2D eigenvalue weighted by molar-refractivity contribution is -0.139. The number of hydrogen-bond donors (Lipinski definition) is 1. The van der Waals surface area contributed by atoms with E-state index in [0.29, 0.717) is 6.61 Å². The highest BCUT2D eigenvalue weighted by atomic mass is 32.2. The molecule has 98 valence electrons. The lowest BCUT2D eigenvalue weighted by Gasteiger charge is -2.33. The average molecular weight is 263 g/mol. The minimum atomic E-state index is -3.32. The third kappa shape index (κ3) is 3.40. The fourth-order valence-corrected chi connectivity index (χ4v) is 4.11. The van der Waals surface area contributed by atoms with Gasteiger partial charge in [0.1, 0.15) is 0 Å². The maximum absolute atomic E-state index is 12.1. The van der Waals surface area contributed by atoms with Crippen molar-refractivity contribution in [2.24, 2.45) is 5.92 Å². The number of carboxylic acid groups (broad SMARTS) is 1. The Morgan fingerprint density at radius 1 is 1.41 bits per heavy atom. The Hall–Kier alpha value is -0.660. The van der Waals surface area contributed by atoms with Crippen molar-refractivity contribution in [1.82, 2.24) is 4.31 Å². The summed E-state index contributed by atoms with van der Waals surface area (Å²) in [4.78, 5) is 10.7. The van der Waals surface area contributed by atoms with Crippen molar-refractivity contribution in [1.29, 1.82) is 0 Å². The van der Waals surface area contributed by atoms with Crippen molar-refractivity contribution in [2.45, 2.75) is 25.3 Å². The number of morpholine rings is 1. The van der Waals surface area contributed by atoms with Crippen molar-refractivity contribution < 1.29 is 23.1 Å². The van der Waals surface area contributed by atoms with Crippen LogP contribution in [0.4, 0.5) is 0 Å². The number of hydrogen-bond acceptors (Lipinski definition) is 4. The highest BCUT2D eigenvalue weighted by Crippen LogP contribution is 2.32. The van der Waals surface area contributed by atoms with E-state index >= 15 is 0 Å². The first-order chi connectivity index (χ1) is 7.99. The molecule has 1 saturated carbocycles. The smallest absolute Gasteiger partial charge is 0.305 e. The molecule has 7 heteroatoms. The molecular weight excluding hydrogens is 246 g/mol. The molecule has 6 nitrogen and oxygen atoms in total. The molecule has 17 heavy (non-hydrogen) atoms. The number of nitrogens with zero attached hydrogens (tertiary/aromatic N) is 1. The zero-order chi connectivity index (χ0) is 12.5. The fourth-order valence-electron chi connectivity index (χ4n) is 2.05. The van der Waals surface area contributed by atoms with E-state index < -0.39 is 22.0 Å². The van der Waals surface area contributed by atoms with E-state index in [1.54, 1.807) is 0 Å². The Balaban J connectivity index is 2.06. The van der Waals surface area contributed by atoms with Gasteiger partial charge in [0.25, 0.3) is 0 Å². The molecule has 1 unspecified atom stereocenters. The number of carboxylic acids is 1. The number of aliphatic carboxylic acids is 1. The molecule has 0 aromatic rings. The van der Waals surface area contributed by atoms with Crippen LogP contribution in [0.2, 0.25) is 0 Å². The van der Waals surface area contributed by atoms with Crippen molar-refractivity contribution in [3.63, 3.8) is 0 Å². The van der Waals surface area contributed by atoms with Crippen LogP contribution in [0.5, 0.6) is 0 Å². The van der Waals surface area contributed by atoms with E-state index in [0.717, 1.165) is 12.8 Å². The summed E-state index contributed by atoms with van der Waals surface area (Å²) >= 11 is 0. The maximum atomic E-state index is 12.1. The first-order valence-corrected chi connectivity index (χ1v) is 7.39. The molecule has 1 aliphatic carbocycles. The van der Waals surface area contributed by atoms with Gasteiger partial charge < -0.3 is 9.84 Å². The largest absolute Gasteiger partial charge is 0.481 e. The van der Waals surface area contributed by atoms with Gasteiger partial charge in [-0.15, -0.1) is 0 Å². The molecule has 0 aromatic heterocycles. The number of carbonyl (C=O) groups is 1. The molecule has 0 bridgehead atoms. The van der Waals surface area contributed by atoms with Crippen LogP contribution >= 0.6 is 0 Å². The summed E-state index contributed by atoms with van der Waals surface area (Å²) < 4.78 is 30.7. The summed E-state index contributed by atoms with van der Waals surface area (Å²) in [5, 5.41) is 8.77. The van der Waals surface area contributed by atoms with E-state index in [2.05, 4.69) is 0 Å². The molecule has 0 aromatic carbocycles. The molecule has 1 heterocycles. The normalized spacial score (nSPS) is 26.9. The average Bonchev–Trinajstić information content (AvgIpc) is 3.00. The molecular formula is C10H17NO5S. The van der Waals surface area contributed by atoms with E-state index in [9.17, 15) is 13.2 Å². The minimum Gasteiger partial charge on any atom is -0.481 e. The predicted octanol–water partition coefficient (Wildman–Crippen LogP) is -0.0983. The minimum absolute atomic E-state index is 0.156. The molecule has 2 aliphatic rings. The van der Waals surface area contributed by atoms with Gasteiger partial charge in [-0.3, -0.25) is 4.79 Å². The van der Waals surface area contributed by atoms with E-state index in [4.69, 9.17) is 9.84 Å². The summed E-state index contributed by atoms with van der Waals surface area (Å²) in [6, 6.07) is -0.551. The fraction of sp³-hybridized carbons (Fsp3) is 0.900. The Morgan fingerprint density at radius 2 is 2.12 bits per heavy atom. The van der Waals surface area contributed by atoms with Gasteiger partial charge in [-0.1, -0.05) is 0 Å². The zero-order valence-corrected chi connectivity index (χ0v) is 10.4. The van der Waals surface area contributed by atoms with Gasteiger partial charge in [0.2, 0.25) is 10.0 Å². The van der Waals surface area contributed by atoms with Crippen LogP contribution in [-0.4, -0.2) is 55.4 Å². The van der Waals surface area contributed by atoms with Gasteiger partial charge in [0.05, 0.1) is 31.4 Å². The van der Waals surface area contributed by atoms with Crippen LogP contribution < -0.4 is 0 Å². The van der Waals surface area contributed by atoms with Crippen LogP contribution in [0, 0.1) is 5.92 Å². The highest BCUT2D eigenvalue weighted by Gasteiger charge is 2.37. The van der Waals surface area contributed by atoms with Gasteiger partial charge in [0.15, 0.2) is 0 Å². The van der Waals surface area contributed by atoms with E-state index in [1.807, 2.05) is 0 Å². The monoisotopic (exact) mass is 263 g/mol. The highest BCUT2D eigenvalue weighted by molar-refractivity contribution is 7.89. The van der Waals surface area contributed by atoms with E-state index in [-0.39, 0.29) is 31.2 Å². The summed E-state index contributed by atoms with van der Waals surface area (Å²) in [7, 11) is -3.32. The molecule has 2 rings (SSSR count). The maximum Gasteiger partial charge on any atom is 0.305 e. The summed E-state index contributed by atoms with van der Waals surface area (Å²) in [5.74, 6) is -0.566. The topological polar surface area (TPSA) is 83.9 Å². The Bertz CT molecular complexity index is 390. The number of rotatable bonds is 5. The Kier molecular flexibility index (Phi) is 3.70. The first-order valence-electron chi connectivity index (χ1n) is 5.78. The molecule has 0 spiro atoms. The van der Waals surface area contributed by atoms with Crippen LogP contribution in [0.1, 0.15) is 19.3 Å². The third-order valence-electron chi connectivity index (χ3n) is 3.08. The molecule has 1 N–H and O–H groups in total. The van der Waals surface area contributed by atoms with Crippen LogP contribution in [0.25, 0.3) is 0 Å². The van der Waals surface area contributed by atoms with Crippen molar-refractivity contribution in [2.75, 3.05) is 25.5 Å². The Morgan fingerprint density at radius 3 is 2.71 bits per heavy atom. The van der Waals surface area contributed by atoms with Crippen LogP contribution in [0.3, 0.4) is 0 Å². The van der Waals surface area contributed by atoms with Gasteiger partial charge in [0, 0.05) is 6.54 Å². The second-order valence-corrected chi connectivity index (χ2v) is 6.63. The third-order valence-corrected chi connectivity index (χ3v) is 5.17. The molecule has 0 radical (unpaired) electrons. The lowest BCUT2D eigenvalue weighted by atomic mass is 10.2. The standard InChI is InChI=1S/C10H17NO5S/c12-10(13)5-9-6-16-4-3-11(9)17(14,15)7-8-1-2-8/h8-9H,1-7H2,(H,12,13). The van der Waals surface area contributed by atoms with Crippen LogP contribution in [-0.2, 0) is 19.6 Å². The van der Waals surface area contributed by atoms with Gasteiger partial charge in [-0.05, 0) is 18.8 Å². The number of sulfonamides is 1. The predicted molar refractivity (Wildman–Crippen MR) is 60.1 cm³/mol. The molecule has 0 amide bonds. The lowest BCUT2D eigenvalue weighted by Crippen LogP contribution is -2.50. The summed E-state index contributed by atoms with van der Waals surface area (Å²) in [5.41, 5.74) is 0. The summed E-state index contributed by atoms with van der Waals surface area (Å²) in [6.45, 7) is 0.795. The van der Waals surface area contributed by atoms with E-state index in [1.165, 1.54) is 4.31 Å². The summed E-state index contributed by atoms with van der Waals surface area (Å²) in [6.07, 6.45) is 1.74. The SMILES string of the molecule is O=C(O)CC1COCCN1S(=O)(=O)CC1CC1. The first kappa shape index (κ1) is 12.8. The number of ether oxygens (including phenoxy) is 1. The molecule has 1 aliphatic heterocycles. The van der Waals surface area contributed by atoms with Crippen LogP contribution in [0.15, 0.2) is 0 Å². The van der Waals surface area contributed by atoms with Crippen molar-refractivity contribution >= 4 is 16.0 Å².